The van der Waals surface area contributed by atoms with Gasteiger partial charge in [-0.2, -0.15) is 13.2 Å². The van der Waals surface area contributed by atoms with Crippen LogP contribution in [0.25, 0.3) is 0 Å². The van der Waals surface area contributed by atoms with E-state index in [1.807, 2.05) is 0 Å². The third-order valence-corrected chi connectivity index (χ3v) is 2.85. The Balaban J connectivity index is 2.49. The van der Waals surface area contributed by atoms with Crippen molar-refractivity contribution in [3.63, 3.8) is 0 Å². The first kappa shape index (κ1) is 14.1. The van der Waals surface area contributed by atoms with Gasteiger partial charge in [-0.05, 0) is 25.1 Å². The van der Waals surface area contributed by atoms with Crippen molar-refractivity contribution in [3.8, 4) is 0 Å². The number of nitrogen functional groups attached to an aromatic ring is 1. The van der Waals surface area contributed by atoms with Crippen LogP contribution >= 0.6 is 0 Å². The summed E-state index contributed by atoms with van der Waals surface area (Å²) in [6.45, 7) is 1.64. The van der Waals surface area contributed by atoms with E-state index in [-0.39, 0.29) is 5.69 Å². The van der Waals surface area contributed by atoms with Gasteiger partial charge >= 0.3 is 6.18 Å². The molecular weight excluding hydrogens is 265 g/mol. The maximum absolute atomic E-state index is 12.9. The van der Waals surface area contributed by atoms with E-state index in [1.54, 1.807) is 31.2 Å². The van der Waals surface area contributed by atoms with Crippen molar-refractivity contribution < 1.29 is 13.2 Å². The van der Waals surface area contributed by atoms with Crippen molar-refractivity contribution in [1.82, 2.24) is 0 Å². The number of nitrogens with zero attached hydrogens (tertiary/aromatic N) is 1. The number of alkyl halides is 3. The molecule has 0 aliphatic rings. The predicted octanol–water partition coefficient (Wildman–Crippen LogP) is 4.43. The molecule has 0 aromatic heterocycles. The van der Waals surface area contributed by atoms with Gasteiger partial charge in [-0.25, -0.2) is 0 Å². The van der Waals surface area contributed by atoms with Crippen molar-refractivity contribution in [1.29, 1.82) is 0 Å². The van der Waals surface area contributed by atoms with Crippen LogP contribution in [0.5, 0.6) is 0 Å². The van der Waals surface area contributed by atoms with Crippen LogP contribution in [0.4, 0.5) is 24.5 Å². The molecule has 2 aromatic carbocycles. The minimum absolute atomic E-state index is 0.110. The standard InChI is InChI=1S/C15H13F3N2/c1-10(11-6-2-4-8-13(11)19)20-14-9-5-3-7-12(14)15(16,17)18/h2-9H,19H2,1H3/b20-10+. The number of anilines is 1. The zero-order valence-electron chi connectivity index (χ0n) is 10.8. The van der Waals surface area contributed by atoms with Crippen molar-refractivity contribution >= 4 is 17.1 Å². The first-order valence-corrected chi connectivity index (χ1v) is 5.96. The predicted molar refractivity (Wildman–Crippen MR) is 74.2 cm³/mol. The van der Waals surface area contributed by atoms with Gasteiger partial charge in [0.15, 0.2) is 0 Å². The summed E-state index contributed by atoms with van der Waals surface area (Å²) in [5.74, 6) is 0. The van der Waals surface area contributed by atoms with Crippen molar-refractivity contribution in [2.24, 2.45) is 4.99 Å². The lowest BCUT2D eigenvalue weighted by Crippen LogP contribution is -2.06. The highest BCUT2D eigenvalue weighted by atomic mass is 19.4. The minimum Gasteiger partial charge on any atom is -0.398 e. The quantitative estimate of drug-likeness (QED) is 0.640. The van der Waals surface area contributed by atoms with Gasteiger partial charge in [-0.1, -0.05) is 30.3 Å². The summed E-state index contributed by atoms with van der Waals surface area (Å²) in [6, 6.07) is 12.2. The summed E-state index contributed by atoms with van der Waals surface area (Å²) in [6.07, 6.45) is -4.43. The van der Waals surface area contributed by atoms with Crippen molar-refractivity contribution in [3.05, 3.63) is 59.7 Å². The lowest BCUT2D eigenvalue weighted by molar-refractivity contribution is -0.137. The summed E-state index contributed by atoms with van der Waals surface area (Å²) in [7, 11) is 0. The Morgan fingerprint density at radius 2 is 1.60 bits per heavy atom. The van der Waals surface area contributed by atoms with Crippen LogP contribution in [-0.2, 0) is 6.18 Å². The molecule has 2 N–H and O–H groups in total. The van der Waals surface area contributed by atoms with E-state index in [0.29, 0.717) is 17.0 Å². The van der Waals surface area contributed by atoms with E-state index < -0.39 is 11.7 Å². The van der Waals surface area contributed by atoms with Crippen LogP contribution < -0.4 is 5.73 Å². The molecule has 0 fully saturated rings. The average Bonchev–Trinajstić information content (AvgIpc) is 2.38. The fraction of sp³-hybridized carbons (Fsp3) is 0.133. The molecule has 0 atom stereocenters. The number of nitrogens with two attached hydrogens (primary N) is 1. The molecular formula is C15H13F3N2. The van der Waals surface area contributed by atoms with Crippen molar-refractivity contribution in [2.45, 2.75) is 13.1 Å². The van der Waals surface area contributed by atoms with Crippen LogP contribution in [-0.4, -0.2) is 5.71 Å². The number of aliphatic imine (C=N–C) groups is 1. The van der Waals surface area contributed by atoms with Crippen LogP contribution in [0.3, 0.4) is 0 Å². The number of hydrogen-bond acceptors (Lipinski definition) is 2. The Labute approximate surface area is 114 Å². The number of hydrogen-bond donors (Lipinski definition) is 1. The van der Waals surface area contributed by atoms with Crippen LogP contribution in [0.2, 0.25) is 0 Å². The molecule has 0 saturated heterocycles. The molecule has 2 nitrogen and oxygen atoms in total. The van der Waals surface area contributed by atoms with E-state index in [1.165, 1.54) is 18.2 Å². The van der Waals surface area contributed by atoms with Gasteiger partial charge in [0.25, 0.3) is 0 Å². The highest BCUT2D eigenvalue weighted by Crippen LogP contribution is 2.36. The first-order valence-electron chi connectivity index (χ1n) is 5.96. The molecule has 0 aliphatic heterocycles. The van der Waals surface area contributed by atoms with Crippen LogP contribution in [0.1, 0.15) is 18.1 Å². The fourth-order valence-electron chi connectivity index (χ4n) is 1.88. The summed E-state index contributed by atoms with van der Waals surface area (Å²) >= 11 is 0. The lowest BCUT2D eigenvalue weighted by atomic mass is 10.1. The first-order chi connectivity index (χ1) is 9.39. The molecule has 2 aromatic rings. The van der Waals surface area contributed by atoms with Gasteiger partial charge in [-0.3, -0.25) is 4.99 Å². The Morgan fingerprint density at radius 3 is 2.25 bits per heavy atom. The van der Waals surface area contributed by atoms with Gasteiger partial charge in [0.05, 0.1) is 11.3 Å². The molecule has 0 bridgehead atoms. The monoisotopic (exact) mass is 278 g/mol. The zero-order chi connectivity index (χ0) is 14.8. The normalized spacial score (nSPS) is 12.5. The number of benzene rings is 2. The van der Waals surface area contributed by atoms with Gasteiger partial charge in [-0.15, -0.1) is 0 Å². The zero-order valence-corrected chi connectivity index (χ0v) is 10.8. The molecule has 0 amide bonds. The van der Waals surface area contributed by atoms with E-state index in [0.717, 1.165) is 6.07 Å². The fourth-order valence-corrected chi connectivity index (χ4v) is 1.88. The SMILES string of the molecule is C/C(=N\c1ccccc1C(F)(F)F)c1ccccc1N. The Bertz CT molecular complexity index is 646. The highest BCUT2D eigenvalue weighted by Gasteiger charge is 2.33. The smallest absolute Gasteiger partial charge is 0.398 e. The number of para-hydroxylation sites is 2. The van der Waals surface area contributed by atoms with Gasteiger partial charge in [0, 0.05) is 17.0 Å². The second kappa shape index (κ2) is 5.36. The molecule has 0 radical (unpaired) electrons. The summed E-state index contributed by atoms with van der Waals surface area (Å²) in [4.78, 5) is 4.07. The minimum atomic E-state index is -4.43. The van der Waals surface area contributed by atoms with E-state index >= 15 is 0 Å². The molecule has 0 saturated carbocycles. The largest absolute Gasteiger partial charge is 0.418 e. The molecule has 0 spiro atoms. The van der Waals surface area contributed by atoms with Gasteiger partial charge in [0.1, 0.15) is 0 Å². The summed E-state index contributed by atoms with van der Waals surface area (Å²) < 4.78 is 38.7. The second-order valence-electron chi connectivity index (χ2n) is 4.30. The number of halogens is 3. The Hall–Kier alpha value is -2.30. The van der Waals surface area contributed by atoms with Crippen LogP contribution in [0, 0.1) is 0 Å². The van der Waals surface area contributed by atoms with Gasteiger partial charge < -0.3 is 5.73 Å². The average molecular weight is 278 g/mol. The molecule has 20 heavy (non-hydrogen) atoms. The summed E-state index contributed by atoms with van der Waals surface area (Å²) in [5, 5.41) is 0. The lowest BCUT2D eigenvalue weighted by Gasteiger charge is -2.11. The third kappa shape index (κ3) is 2.99. The number of rotatable bonds is 2. The molecule has 2 rings (SSSR count). The maximum Gasteiger partial charge on any atom is 0.418 e. The Morgan fingerprint density at radius 1 is 1.00 bits per heavy atom. The Kier molecular flexibility index (Phi) is 3.79. The molecule has 0 unspecified atom stereocenters. The molecule has 0 aliphatic carbocycles. The molecule has 0 heterocycles. The van der Waals surface area contributed by atoms with Crippen LogP contribution in [0.15, 0.2) is 53.5 Å². The van der Waals surface area contributed by atoms with E-state index in [9.17, 15) is 13.2 Å². The summed E-state index contributed by atoms with van der Waals surface area (Å²) in [5.41, 5.74) is 6.49. The van der Waals surface area contributed by atoms with Crippen molar-refractivity contribution in [2.75, 3.05) is 5.73 Å². The highest BCUT2D eigenvalue weighted by molar-refractivity contribution is 6.04. The topological polar surface area (TPSA) is 38.4 Å². The van der Waals surface area contributed by atoms with E-state index in [4.69, 9.17) is 5.73 Å². The van der Waals surface area contributed by atoms with E-state index in [2.05, 4.69) is 4.99 Å². The third-order valence-electron chi connectivity index (χ3n) is 2.85. The molecule has 104 valence electrons. The van der Waals surface area contributed by atoms with Gasteiger partial charge in [0.2, 0.25) is 0 Å². The molecule has 5 heteroatoms. The maximum atomic E-state index is 12.9. The second-order valence-corrected chi connectivity index (χ2v) is 4.30.